The molecule has 11 heteroatoms. The van der Waals surface area contributed by atoms with Crippen molar-refractivity contribution in [1.29, 1.82) is 0 Å². The van der Waals surface area contributed by atoms with E-state index < -0.39 is 20.9 Å². The van der Waals surface area contributed by atoms with E-state index in [0.29, 0.717) is 5.75 Å². The van der Waals surface area contributed by atoms with Crippen molar-refractivity contribution in [2.75, 3.05) is 24.3 Å². The number of carbonyl (C=O) groups is 1. The van der Waals surface area contributed by atoms with Gasteiger partial charge in [-0.1, -0.05) is 12.1 Å². The van der Waals surface area contributed by atoms with E-state index in [2.05, 4.69) is 10.0 Å². The van der Waals surface area contributed by atoms with Gasteiger partial charge in [0.1, 0.15) is 11.5 Å². The molecule has 32 heavy (non-hydrogen) atoms. The van der Waals surface area contributed by atoms with Crippen molar-refractivity contribution in [1.82, 2.24) is 0 Å². The number of benzene rings is 3. The first-order chi connectivity index (χ1) is 15.2. The predicted molar refractivity (Wildman–Crippen MR) is 118 cm³/mol. The molecular weight excluding hydrogens is 438 g/mol. The maximum atomic E-state index is 12.9. The van der Waals surface area contributed by atoms with Crippen LogP contribution in [-0.2, 0) is 10.0 Å². The van der Waals surface area contributed by atoms with Crippen LogP contribution < -0.4 is 19.5 Å². The van der Waals surface area contributed by atoms with Gasteiger partial charge in [-0.15, -0.1) is 0 Å². The number of anilines is 2. The second-order valence-electron chi connectivity index (χ2n) is 6.43. The Morgan fingerprint density at radius 3 is 2.16 bits per heavy atom. The Morgan fingerprint density at radius 2 is 1.53 bits per heavy atom. The predicted octanol–water partition coefficient (Wildman–Crippen LogP) is 3.67. The van der Waals surface area contributed by atoms with Crippen LogP contribution in [-0.4, -0.2) is 33.5 Å². The third kappa shape index (κ3) is 4.95. The summed E-state index contributed by atoms with van der Waals surface area (Å²) in [7, 11) is -1.22. The van der Waals surface area contributed by atoms with E-state index in [1.54, 1.807) is 24.3 Å². The van der Waals surface area contributed by atoms with E-state index in [-0.39, 0.29) is 33.3 Å². The zero-order valence-electron chi connectivity index (χ0n) is 17.1. The molecule has 0 aliphatic heterocycles. The molecule has 0 unspecified atom stereocenters. The molecule has 0 bridgehead atoms. The van der Waals surface area contributed by atoms with E-state index in [0.717, 1.165) is 0 Å². The summed E-state index contributed by atoms with van der Waals surface area (Å²) in [5, 5.41) is 13.4. The van der Waals surface area contributed by atoms with Crippen molar-refractivity contribution in [3.05, 3.63) is 82.4 Å². The summed E-state index contributed by atoms with van der Waals surface area (Å²) in [6.45, 7) is 0. The number of sulfonamides is 1. The molecule has 0 aromatic heterocycles. The molecule has 0 radical (unpaired) electrons. The van der Waals surface area contributed by atoms with Crippen LogP contribution >= 0.6 is 0 Å². The number of nitrogens with zero attached hydrogens (tertiary/aromatic N) is 1. The number of para-hydroxylation sites is 2. The molecule has 1 amide bonds. The minimum absolute atomic E-state index is 0.110. The van der Waals surface area contributed by atoms with Gasteiger partial charge in [-0.3, -0.25) is 19.6 Å². The number of hydrogen-bond acceptors (Lipinski definition) is 7. The maximum absolute atomic E-state index is 12.9. The Morgan fingerprint density at radius 1 is 0.906 bits per heavy atom. The van der Waals surface area contributed by atoms with E-state index in [4.69, 9.17) is 9.47 Å². The smallest absolute Gasteiger partial charge is 0.269 e. The van der Waals surface area contributed by atoms with Crippen molar-refractivity contribution in [3.8, 4) is 11.5 Å². The quantitative estimate of drug-likeness (QED) is 0.389. The monoisotopic (exact) mass is 457 g/mol. The first kappa shape index (κ1) is 22.6. The summed E-state index contributed by atoms with van der Waals surface area (Å²) in [6, 6.07) is 15.5. The van der Waals surface area contributed by atoms with Gasteiger partial charge < -0.3 is 14.8 Å². The third-order valence-electron chi connectivity index (χ3n) is 4.42. The van der Waals surface area contributed by atoms with Gasteiger partial charge in [0.2, 0.25) is 0 Å². The Hall–Kier alpha value is -4.12. The van der Waals surface area contributed by atoms with E-state index in [9.17, 15) is 23.3 Å². The van der Waals surface area contributed by atoms with E-state index in [1.807, 2.05) is 0 Å². The van der Waals surface area contributed by atoms with Crippen LogP contribution in [0.3, 0.4) is 0 Å². The van der Waals surface area contributed by atoms with Gasteiger partial charge in [-0.05, 0) is 42.5 Å². The van der Waals surface area contributed by atoms with Crippen molar-refractivity contribution in [2.24, 2.45) is 0 Å². The average molecular weight is 457 g/mol. The van der Waals surface area contributed by atoms with Gasteiger partial charge in [-0.25, -0.2) is 8.42 Å². The van der Waals surface area contributed by atoms with E-state index >= 15 is 0 Å². The number of amides is 1. The summed E-state index contributed by atoms with van der Waals surface area (Å²) < 4.78 is 38.6. The van der Waals surface area contributed by atoms with Crippen LogP contribution in [0.4, 0.5) is 17.1 Å². The number of methoxy groups -OCH3 is 2. The molecule has 10 nitrogen and oxygen atoms in total. The number of carbonyl (C=O) groups excluding carboxylic acids is 1. The Bertz CT molecular complexity index is 1260. The number of rotatable bonds is 8. The molecule has 2 N–H and O–H groups in total. The maximum Gasteiger partial charge on any atom is 0.269 e. The fraction of sp³-hybridized carbons (Fsp3) is 0.0952. The number of hydrogen-bond donors (Lipinski definition) is 2. The molecule has 3 aromatic rings. The first-order valence-electron chi connectivity index (χ1n) is 9.15. The Labute approximate surface area is 184 Å². The highest BCUT2D eigenvalue weighted by atomic mass is 32.2. The molecular formula is C21H19N3O7S. The molecule has 0 spiro atoms. The molecule has 0 aliphatic carbocycles. The van der Waals surface area contributed by atoms with Crippen molar-refractivity contribution in [3.63, 3.8) is 0 Å². The number of ether oxygens (including phenoxy) is 2. The fourth-order valence-electron chi connectivity index (χ4n) is 2.81. The van der Waals surface area contributed by atoms with Gasteiger partial charge >= 0.3 is 0 Å². The first-order valence-corrected chi connectivity index (χ1v) is 10.6. The van der Waals surface area contributed by atoms with Gasteiger partial charge in [0.25, 0.3) is 21.6 Å². The number of nitro benzene ring substituents is 1. The lowest BCUT2D eigenvalue weighted by Gasteiger charge is -2.14. The highest BCUT2D eigenvalue weighted by Gasteiger charge is 2.20. The normalized spacial score (nSPS) is 10.8. The molecule has 166 valence electrons. The van der Waals surface area contributed by atoms with Crippen molar-refractivity contribution >= 4 is 33.0 Å². The number of nitrogens with one attached hydrogen (secondary N) is 2. The van der Waals surface area contributed by atoms with Crippen LogP contribution in [0.15, 0.2) is 71.6 Å². The Balaban J connectivity index is 1.89. The minimum Gasteiger partial charge on any atom is -0.495 e. The lowest BCUT2D eigenvalue weighted by Crippen LogP contribution is -2.16. The average Bonchev–Trinajstić information content (AvgIpc) is 2.79. The highest BCUT2D eigenvalue weighted by molar-refractivity contribution is 7.92. The standard InChI is InChI=1S/C21H19N3O7S/c1-30-19-6-4-3-5-17(19)23-32(28,29)16-11-12-20(31-2)18(13-16)22-21(25)14-7-9-15(10-8-14)24(26)27/h3-13,23H,1-2H3,(H,22,25). The van der Waals surface area contributed by atoms with Gasteiger partial charge in [-0.2, -0.15) is 0 Å². The second kappa shape index (κ2) is 9.35. The lowest BCUT2D eigenvalue weighted by molar-refractivity contribution is -0.384. The van der Waals surface area contributed by atoms with Crippen LogP contribution in [0.5, 0.6) is 11.5 Å². The molecule has 3 aromatic carbocycles. The summed E-state index contributed by atoms with van der Waals surface area (Å²) in [5.74, 6) is -0.0155. The van der Waals surface area contributed by atoms with Crippen LogP contribution in [0, 0.1) is 10.1 Å². The van der Waals surface area contributed by atoms with Crippen molar-refractivity contribution < 1.29 is 27.6 Å². The summed E-state index contributed by atoms with van der Waals surface area (Å²) >= 11 is 0. The number of nitro groups is 1. The van der Waals surface area contributed by atoms with Crippen molar-refractivity contribution in [2.45, 2.75) is 4.90 Å². The molecule has 3 rings (SSSR count). The lowest BCUT2D eigenvalue weighted by atomic mass is 10.2. The summed E-state index contributed by atoms with van der Waals surface area (Å²) in [4.78, 5) is 22.7. The van der Waals surface area contributed by atoms with Gasteiger partial charge in [0.05, 0.1) is 35.4 Å². The summed E-state index contributed by atoms with van der Waals surface area (Å²) in [6.07, 6.45) is 0. The fourth-order valence-corrected chi connectivity index (χ4v) is 3.91. The molecule has 0 heterocycles. The minimum atomic E-state index is -4.02. The van der Waals surface area contributed by atoms with Crippen LogP contribution in [0.25, 0.3) is 0 Å². The third-order valence-corrected chi connectivity index (χ3v) is 5.78. The molecule has 0 fully saturated rings. The Kier molecular flexibility index (Phi) is 6.59. The van der Waals surface area contributed by atoms with Crippen LogP contribution in [0.1, 0.15) is 10.4 Å². The molecule has 0 atom stereocenters. The topological polar surface area (TPSA) is 137 Å². The zero-order chi connectivity index (χ0) is 23.3. The SMILES string of the molecule is COc1ccc(S(=O)(=O)Nc2ccccc2OC)cc1NC(=O)c1ccc([N+](=O)[O-])cc1. The molecule has 0 aliphatic rings. The van der Waals surface area contributed by atoms with Gasteiger partial charge in [0.15, 0.2) is 0 Å². The number of non-ortho nitro benzene ring substituents is 1. The van der Waals surface area contributed by atoms with Crippen LogP contribution in [0.2, 0.25) is 0 Å². The van der Waals surface area contributed by atoms with E-state index in [1.165, 1.54) is 56.7 Å². The molecule has 0 saturated carbocycles. The summed E-state index contributed by atoms with van der Waals surface area (Å²) in [5.41, 5.74) is 0.355. The highest BCUT2D eigenvalue weighted by Crippen LogP contribution is 2.31. The zero-order valence-corrected chi connectivity index (χ0v) is 17.9. The molecule has 0 saturated heterocycles. The largest absolute Gasteiger partial charge is 0.495 e. The van der Waals surface area contributed by atoms with Gasteiger partial charge in [0, 0.05) is 17.7 Å². The second-order valence-corrected chi connectivity index (χ2v) is 8.11.